The fourth-order valence-corrected chi connectivity index (χ4v) is 4.72. The number of aryl methyl sites for hydroxylation is 1. The van der Waals surface area contributed by atoms with Crippen molar-refractivity contribution in [1.29, 1.82) is 0 Å². The smallest absolute Gasteiger partial charge is 0.220 e. The highest BCUT2D eigenvalue weighted by Gasteiger charge is 2.59. The van der Waals surface area contributed by atoms with Gasteiger partial charge in [-0.3, -0.25) is 4.79 Å². The van der Waals surface area contributed by atoms with Crippen molar-refractivity contribution in [2.75, 3.05) is 24.5 Å². The van der Waals surface area contributed by atoms with Gasteiger partial charge in [-0.25, -0.2) is 0 Å². The molecule has 1 aliphatic carbocycles. The lowest BCUT2D eigenvalue weighted by Crippen LogP contribution is -2.46. The molecule has 3 aliphatic rings. The number of piperidine rings is 1. The number of aromatic nitrogens is 2. The SMILES string of the molecule is Cc1cc(N2CC[C@@H](C3CC34CC(C(N)=O)CCN4)C2)cnn1. The molecule has 3 unspecified atom stereocenters. The molecular weight excluding hydrogens is 290 g/mol. The van der Waals surface area contributed by atoms with E-state index in [0.29, 0.717) is 11.8 Å². The molecule has 1 saturated carbocycles. The number of nitrogens with zero attached hydrogens (tertiary/aromatic N) is 3. The lowest BCUT2D eigenvalue weighted by atomic mass is 9.86. The Labute approximate surface area is 136 Å². The third-order valence-corrected chi connectivity index (χ3v) is 6.04. The minimum absolute atomic E-state index is 0.0609. The molecule has 4 atom stereocenters. The highest BCUT2D eigenvalue weighted by molar-refractivity contribution is 5.77. The summed E-state index contributed by atoms with van der Waals surface area (Å²) in [7, 11) is 0. The van der Waals surface area contributed by atoms with E-state index in [9.17, 15) is 4.79 Å². The first-order valence-corrected chi connectivity index (χ1v) is 8.66. The molecule has 2 aliphatic heterocycles. The maximum absolute atomic E-state index is 11.5. The number of hydrogen-bond acceptors (Lipinski definition) is 5. The monoisotopic (exact) mass is 315 g/mol. The molecule has 3 N–H and O–H groups in total. The van der Waals surface area contributed by atoms with Crippen LogP contribution in [0.1, 0.15) is 31.4 Å². The fraction of sp³-hybridized carbons (Fsp3) is 0.706. The molecular formula is C17H25N5O. The summed E-state index contributed by atoms with van der Waals surface area (Å²) < 4.78 is 0. The van der Waals surface area contributed by atoms with Crippen LogP contribution in [0.25, 0.3) is 0 Å². The second kappa shape index (κ2) is 5.44. The van der Waals surface area contributed by atoms with Gasteiger partial charge in [-0.05, 0) is 57.1 Å². The Morgan fingerprint density at radius 3 is 3.09 bits per heavy atom. The van der Waals surface area contributed by atoms with Gasteiger partial charge in [-0.2, -0.15) is 10.2 Å². The number of nitrogens with one attached hydrogen (secondary N) is 1. The van der Waals surface area contributed by atoms with E-state index in [0.717, 1.165) is 38.2 Å². The van der Waals surface area contributed by atoms with Crippen molar-refractivity contribution >= 4 is 11.6 Å². The van der Waals surface area contributed by atoms with Gasteiger partial charge in [0, 0.05) is 24.5 Å². The van der Waals surface area contributed by atoms with Crippen molar-refractivity contribution < 1.29 is 4.79 Å². The Hall–Kier alpha value is -1.69. The number of rotatable bonds is 3. The summed E-state index contributed by atoms with van der Waals surface area (Å²) in [6, 6.07) is 2.11. The molecule has 3 heterocycles. The van der Waals surface area contributed by atoms with Crippen LogP contribution in [0.4, 0.5) is 5.69 Å². The van der Waals surface area contributed by atoms with Crippen LogP contribution >= 0.6 is 0 Å². The van der Waals surface area contributed by atoms with E-state index < -0.39 is 0 Å². The van der Waals surface area contributed by atoms with Gasteiger partial charge < -0.3 is 16.0 Å². The van der Waals surface area contributed by atoms with E-state index in [2.05, 4.69) is 26.5 Å². The van der Waals surface area contributed by atoms with Crippen LogP contribution in [0.3, 0.4) is 0 Å². The Morgan fingerprint density at radius 1 is 1.43 bits per heavy atom. The number of hydrogen-bond donors (Lipinski definition) is 2. The van der Waals surface area contributed by atoms with E-state index in [-0.39, 0.29) is 17.4 Å². The molecule has 124 valence electrons. The summed E-state index contributed by atoms with van der Waals surface area (Å²) in [5.74, 6) is 1.32. The molecule has 2 saturated heterocycles. The number of carbonyl (C=O) groups is 1. The fourth-order valence-electron chi connectivity index (χ4n) is 4.72. The summed E-state index contributed by atoms with van der Waals surface area (Å²) >= 11 is 0. The summed E-state index contributed by atoms with van der Waals surface area (Å²) in [5, 5.41) is 11.8. The summed E-state index contributed by atoms with van der Waals surface area (Å²) in [4.78, 5) is 14.0. The van der Waals surface area contributed by atoms with E-state index >= 15 is 0 Å². The average Bonchev–Trinajstić information content (AvgIpc) is 3.00. The third-order valence-electron chi connectivity index (χ3n) is 6.04. The minimum atomic E-state index is -0.122. The molecule has 0 aromatic carbocycles. The van der Waals surface area contributed by atoms with Crippen molar-refractivity contribution in [1.82, 2.24) is 15.5 Å². The molecule has 0 radical (unpaired) electrons. The molecule has 6 nitrogen and oxygen atoms in total. The highest BCUT2D eigenvalue weighted by atomic mass is 16.1. The third kappa shape index (κ3) is 2.69. The number of primary amides is 1. The first-order valence-electron chi connectivity index (χ1n) is 8.66. The second-order valence-corrected chi connectivity index (χ2v) is 7.54. The molecule has 1 aromatic rings. The number of nitrogens with two attached hydrogens (primary N) is 1. The van der Waals surface area contributed by atoms with Crippen molar-refractivity contribution in [3.63, 3.8) is 0 Å². The number of anilines is 1. The van der Waals surface area contributed by atoms with E-state index in [1.165, 1.54) is 18.5 Å². The number of carbonyl (C=O) groups excluding carboxylic acids is 1. The molecule has 1 spiro atoms. The largest absolute Gasteiger partial charge is 0.370 e. The molecule has 4 rings (SSSR count). The lowest BCUT2D eigenvalue weighted by molar-refractivity contribution is -0.123. The van der Waals surface area contributed by atoms with Gasteiger partial charge in [-0.15, -0.1) is 0 Å². The van der Waals surface area contributed by atoms with Gasteiger partial charge >= 0.3 is 0 Å². The van der Waals surface area contributed by atoms with Crippen molar-refractivity contribution in [2.24, 2.45) is 23.5 Å². The quantitative estimate of drug-likeness (QED) is 0.864. The predicted octanol–water partition coefficient (Wildman–Crippen LogP) is 0.855. The van der Waals surface area contributed by atoms with Gasteiger partial charge in [0.05, 0.1) is 17.6 Å². The predicted molar refractivity (Wildman–Crippen MR) is 87.8 cm³/mol. The molecule has 0 bridgehead atoms. The second-order valence-electron chi connectivity index (χ2n) is 7.54. The summed E-state index contributed by atoms with van der Waals surface area (Å²) in [6.45, 7) is 5.08. The maximum atomic E-state index is 11.5. The van der Waals surface area contributed by atoms with E-state index in [1.54, 1.807) is 0 Å². The van der Waals surface area contributed by atoms with Gasteiger partial charge in [0.2, 0.25) is 5.91 Å². The Kier molecular flexibility index (Phi) is 3.52. The van der Waals surface area contributed by atoms with Crippen molar-refractivity contribution in [3.8, 4) is 0 Å². The zero-order valence-electron chi connectivity index (χ0n) is 13.7. The Balaban J connectivity index is 1.41. The van der Waals surface area contributed by atoms with Crippen LogP contribution in [0, 0.1) is 24.7 Å². The van der Waals surface area contributed by atoms with Gasteiger partial charge in [-0.1, -0.05) is 0 Å². The first-order chi connectivity index (χ1) is 11.1. The van der Waals surface area contributed by atoms with E-state index in [4.69, 9.17) is 5.73 Å². The first kappa shape index (κ1) is 14.9. The average molecular weight is 315 g/mol. The number of amides is 1. The highest BCUT2D eigenvalue weighted by Crippen LogP contribution is 2.55. The van der Waals surface area contributed by atoms with Crippen LogP contribution in [-0.2, 0) is 4.79 Å². The maximum Gasteiger partial charge on any atom is 0.220 e. The molecule has 1 aromatic heterocycles. The van der Waals surface area contributed by atoms with Crippen LogP contribution in [0.2, 0.25) is 0 Å². The Bertz CT molecular complexity index is 621. The standard InChI is InChI=1S/C17H25N5O/c1-11-6-14(9-20-21-11)22-5-3-13(10-22)15-8-17(15)7-12(16(18)23)2-4-19-17/h6,9,12-13,15,19H,2-5,7-8,10H2,1H3,(H2,18,23)/t12?,13-,15?,17?/m1/s1. The van der Waals surface area contributed by atoms with Gasteiger partial charge in [0.15, 0.2) is 0 Å². The normalized spacial score (nSPS) is 36.4. The lowest BCUT2D eigenvalue weighted by Gasteiger charge is -2.31. The molecule has 3 fully saturated rings. The molecule has 6 heteroatoms. The molecule has 23 heavy (non-hydrogen) atoms. The topological polar surface area (TPSA) is 84.1 Å². The van der Waals surface area contributed by atoms with Crippen molar-refractivity contribution in [2.45, 2.75) is 38.1 Å². The van der Waals surface area contributed by atoms with E-state index in [1.807, 2.05) is 13.1 Å². The van der Waals surface area contributed by atoms with Crippen LogP contribution in [0.15, 0.2) is 12.3 Å². The van der Waals surface area contributed by atoms with Crippen LogP contribution in [-0.4, -0.2) is 41.3 Å². The van der Waals surface area contributed by atoms with Crippen LogP contribution in [0.5, 0.6) is 0 Å². The van der Waals surface area contributed by atoms with Gasteiger partial charge in [0.1, 0.15) is 0 Å². The summed E-state index contributed by atoms with van der Waals surface area (Å²) in [5.41, 5.74) is 7.87. The van der Waals surface area contributed by atoms with Crippen molar-refractivity contribution in [3.05, 3.63) is 18.0 Å². The Morgan fingerprint density at radius 2 is 2.30 bits per heavy atom. The van der Waals surface area contributed by atoms with Gasteiger partial charge in [0.25, 0.3) is 0 Å². The zero-order chi connectivity index (χ0) is 16.0. The summed E-state index contributed by atoms with van der Waals surface area (Å²) in [6.07, 6.45) is 6.10. The minimum Gasteiger partial charge on any atom is -0.370 e. The zero-order valence-corrected chi connectivity index (χ0v) is 13.7. The van der Waals surface area contributed by atoms with Crippen LogP contribution < -0.4 is 16.0 Å². The molecule has 1 amide bonds.